The number of Topliss-reactive ketones (excluding diaryl/α,β-unsaturated/α-hetero) is 1. The van der Waals surface area contributed by atoms with Gasteiger partial charge in [-0.3, -0.25) is 9.59 Å². The largest absolute Gasteiger partial charge is 0.507 e. The molecule has 0 saturated heterocycles. The van der Waals surface area contributed by atoms with Gasteiger partial charge in [-0.1, -0.05) is 79.7 Å². The van der Waals surface area contributed by atoms with Crippen molar-refractivity contribution >= 4 is 52.6 Å². The van der Waals surface area contributed by atoms with E-state index in [1.807, 2.05) is 6.92 Å². The molecule has 10 heteroatoms. The van der Waals surface area contributed by atoms with Gasteiger partial charge in [-0.25, -0.2) is 4.79 Å². The molecule has 0 spiro atoms. The zero-order valence-electron chi connectivity index (χ0n) is 24.8. The molecular formula is C35H33ClO8S. The number of benzene rings is 2. The number of rotatable bonds is 13. The van der Waals surface area contributed by atoms with Crippen molar-refractivity contribution in [2.75, 3.05) is 6.61 Å². The number of carbonyl (C=O) groups excluding carboxylic acids is 1. The van der Waals surface area contributed by atoms with Crippen LogP contribution in [0.3, 0.4) is 0 Å². The van der Waals surface area contributed by atoms with Crippen molar-refractivity contribution in [3.8, 4) is 11.5 Å². The molecule has 4 rings (SSSR count). The lowest BCUT2D eigenvalue weighted by Gasteiger charge is -2.21. The Balaban J connectivity index is 1.61. The van der Waals surface area contributed by atoms with Crippen LogP contribution >= 0.6 is 23.8 Å². The maximum absolute atomic E-state index is 13.7. The van der Waals surface area contributed by atoms with Crippen molar-refractivity contribution in [1.29, 1.82) is 0 Å². The summed E-state index contributed by atoms with van der Waals surface area (Å²) in [5.41, 5.74) is 0.537. The summed E-state index contributed by atoms with van der Waals surface area (Å²) in [4.78, 5) is 38.3. The Kier molecular flexibility index (Phi) is 11.3. The number of aliphatic hydroxyl groups excluding tert-OH is 1. The number of hydrogen-bond acceptors (Lipinski definition) is 8. The molecule has 0 unspecified atom stereocenters. The molecule has 0 fully saturated rings. The van der Waals surface area contributed by atoms with E-state index in [2.05, 4.69) is 0 Å². The first-order chi connectivity index (χ1) is 21.5. The van der Waals surface area contributed by atoms with Crippen molar-refractivity contribution in [2.45, 2.75) is 51.6 Å². The molecule has 0 aliphatic heterocycles. The van der Waals surface area contributed by atoms with Crippen LogP contribution in [-0.4, -0.2) is 38.5 Å². The zero-order chi connectivity index (χ0) is 32.7. The van der Waals surface area contributed by atoms with Gasteiger partial charge in [0.2, 0.25) is 5.76 Å². The Morgan fingerprint density at radius 3 is 2.67 bits per heavy atom. The number of aromatic hydroxyl groups is 1. The summed E-state index contributed by atoms with van der Waals surface area (Å²) in [6, 6.07) is 9.70. The van der Waals surface area contributed by atoms with E-state index in [-0.39, 0.29) is 39.9 Å². The Labute approximate surface area is 270 Å². The number of ketones is 1. The second-order valence-electron chi connectivity index (χ2n) is 10.5. The number of carboxylic acid groups (broad SMARTS) is 1. The van der Waals surface area contributed by atoms with Gasteiger partial charge in [0.1, 0.15) is 16.9 Å². The van der Waals surface area contributed by atoms with E-state index in [1.165, 1.54) is 13.0 Å². The maximum atomic E-state index is 13.7. The first kappa shape index (κ1) is 33.6. The molecule has 2 aromatic carbocycles. The van der Waals surface area contributed by atoms with Crippen LogP contribution in [-0.2, 0) is 6.42 Å². The normalized spacial score (nSPS) is 14.1. The van der Waals surface area contributed by atoms with Crippen molar-refractivity contribution in [3.05, 3.63) is 115 Å². The molecule has 8 nitrogen and oxygen atoms in total. The maximum Gasteiger partial charge on any atom is 0.372 e. The first-order valence-corrected chi connectivity index (χ1v) is 15.2. The highest BCUT2D eigenvalue weighted by atomic mass is 35.5. The fraction of sp³-hybridized carbons (Fsp3) is 0.257. The van der Waals surface area contributed by atoms with Gasteiger partial charge < -0.3 is 24.5 Å². The van der Waals surface area contributed by atoms with E-state index in [1.54, 1.807) is 66.8 Å². The van der Waals surface area contributed by atoms with E-state index >= 15 is 0 Å². The Bertz CT molecular complexity index is 1870. The molecule has 2 atom stereocenters. The van der Waals surface area contributed by atoms with Gasteiger partial charge in [0, 0.05) is 27.8 Å². The Morgan fingerprint density at radius 2 is 1.98 bits per heavy atom. The lowest BCUT2D eigenvalue weighted by atomic mass is 9.87. The number of thiocarbonyl (C=S) groups is 1. The molecule has 0 amide bonds. The van der Waals surface area contributed by atoms with Gasteiger partial charge in [0.25, 0.3) is 0 Å². The second kappa shape index (κ2) is 15.1. The SMILES string of the molecule is CCCc1c(OCC/C=C\C=C\[C@@H](c2c(C(=O)O)oc3c(c2=O)=CCC(=S)C=3)[C@@H](O)c2cccc(Cl)c2)ccc(C(C)=O)c1O. The average molecular weight is 649 g/mol. The van der Waals surface area contributed by atoms with Crippen molar-refractivity contribution in [3.63, 3.8) is 0 Å². The van der Waals surface area contributed by atoms with E-state index in [0.717, 1.165) is 6.42 Å². The summed E-state index contributed by atoms with van der Waals surface area (Å²) >= 11 is 11.4. The standard InChI is InChI=1S/C35H33ClO8S/c1-3-9-25-28(16-15-24(20(2)37)32(25)39)43-17-7-5-4-6-12-27(31(38)21-10-8-11-22(36)18-21)30-33(40)26-14-13-23(45)19-29(26)44-34(30)35(41)42/h4-6,8,10-12,14-16,18-19,27,31,38-39H,3,7,9,13,17H2,1-2H3,(H,41,42)/b5-4-,12-6+/t27-,31-/m0/s1. The average Bonchev–Trinajstić information content (AvgIpc) is 2.99. The van der Waals surface area contributed by atoms with Crippen LogP contribution < -0.4 is 20.8 Å². The number of ether oxygens (including phenoxy) is 1. The highest BCUT2D eigenvalue weighted by Gasteiger charge is 2.31. The van der Waals surface area contributed by atoms with Gasteiger partial charge in [-0.15, -0.1) is 0 Å². The number of allylic oxidation sites excluding steroid dienone is 2. The van der Waals surface area contributed by atoms with Gasteiger partial charge in [-0.05, 0) is 55.7 Å². The molecule has 3 aromatic rings. The molecule has 0 radical (unpaired) electrons. The van der Waals surface area contributed by atoms with Crippen molar-refractivity contribution in [2.24, 2.45) is 0 Å². The minimum Gasteiger partial charge on any atom is -0.507 e. The lowest BCUT2D eigenvalue weighted by Crippen LogP contribution is -2.45. The zero-order valence-corrected chi connectivity index (χ0v) is 26.4. The summed E-state index contributed by atoms with van der Waals surface area (Å²) < 4.78 is 11.6. The highest BCUT2D eigenvalue weighted by Crippen LogP contribution is 2.34. The quantitative estimate of drug-likeness (QED) is 0.0939. The minimum absolute atomic E-state index is 0.0600. The highest BCUT2D eigenvalue weighted by molar-refractivity contribution is 7.81. The topological polar surface area (TPSA) is 134 Å². The molecule has 1 aliphatic rings. The number of halogens is 1. The number of phenolic OH excluding ortho intramolecular Hbond substituents is 1. The summed E-state index contributed by atoms with van der Waals surface area (Å²) in [6.07, 6.45) is 10.5. The molecule has 0 bridgehead atoms. The van der Waals surface area contributed by atoms with Gasteiger partial charge in [0.05, 0.1) is 29.1 Å². The summed E-state index contributed by atoms with van der Waals surface area (Å²) in [7, 11) is 0. The molecule has 1 heterocycles. The molecule has 0 saturated carbocycles. The minimum atomic E-state index is -1.45. The van der Waals surface area contributed by atoms with Crippen molar-refractivity contribution in [1.82, 2.24) is 0 Å². The van der Waals surface area contributed by atoms with Crippen LogP contribution in [0.25, 0.3) is 12.2 Å². The van der Waals surface area contributed by atoms with Crippen LogP contribution in [0.2, 0.25) is 5.02 Å². The van der Waals surface area contributed by atoms with E-state index in [9.17, 15) is 29.7 Å². The molecular weight excluding hydrogens is 616 g/mol. The number of aromatic carboxylic acids is 1. The Hall–Kier alpha value is -4.31. The van der Waals surface area contributed by atoms with Gasteiger partial charge in [0.15, 0.2) is 11.2 Å². The monoisotopic (exact) mass is 648 g/mol. The molecule has 1 aliphatic carbocycles. The summed E-state index contributed by atoms with van der Waals surface area (Å²) in [5.74, 6) is -2.92. The van der Waals surface area contributed by atoms with Gasteiger partial charge in [-0.2, -0.15) is 0 Å². The predicted octanol–water partition coefficient (Wildman–Crippen LogP) is 5.59. The third kappa shape index (κ3) is 7.86. The number of aliphatic hydroxyl groups is 1. The molecule has 45 heavy (non-hydrogen) atoms. The third-order valence-electron chi connectivity index (χ3n) is 7.30. The van der Waals surface area contributed by atoms with Crippen LogP contribution in [0.5, 0.6) is 11.5 Å². The first-order valence-electron chi connectivity index (χ1n) is 14.4. The fourth-order valence-electron chi connectivity index (χ4n) is 5.13. The number of carboxylic acids is 1. The van der Waals surface area contributed by atoms with Crippen molar-refractivity contribution < 1.29 is 34.1 Å². The number of fused-ring (bicyclic) bond motifs is 1. The fourth-order valence-corrected chi connectivity index (χ4v) is 5.52. The van der Waals surface area contributed by atoms with E-state index in [4.69, 9.17) is 33.0 Å². The number of carbonyl (C=O) groups is 2. The molecule has 234 valence electrons. The van der Waals surface area contributed by atoms with Gasteiger partial charge >= 0.3 is 5.97 Å². The summed E-state index contributed by atoms with van der Waals surface area (Å²) in [5, 5.41) is 32.6. The smallest absolute Gasteiger partial charge is 0.372 e. The third-order valence-corrected chi connectivity index (χ3v) is 7.82. The predicted molar refractivity (Wildman–Crippen MR) is 177 cm³/mol. The second-order valence-corrected chi connectivity index (χ2v) is 11.5. The summed E-state index contributed by atoms with van der Waals surface area (Å²) in [6.45, 7) is 3.64. The van der Waals surface area contributed by atoms with E-state index in [0.29, 0.717) is 46.0 Å². The van der Waals surface area contributed by atoms with Crippen LogP contribution in [0.1, 0.15) is 82.7 Å². The molecule has 3 N–H and O–H groups in total. The molecule has 1 aromatic heterocycles. The van der Waals surface area contributed by atoms with Crippen LogP contribution in [0.4, 0.5) is 0 Å². The van der Waals surface area contributed by atoms with Crippen LogP contribution in [0, 0.1) is 0 Å². The Morgan fingerprint density at radius 1 is 1.20 bits per heavy atom. The van der Waals surface area contributed by atoms with Crippen LogP contribution in [0.15, 0.2) is 69.9 Å². The lowest BCUT2D eigenvalue weighted by molar-refractivity contribution is 0.0650. The van der Waals surface area contributed by atoms with E-state index < -0.39 is 29.2 Å². The number of phenols is 1. The number of hydrogen-bond donors (Lipinski definition) is 3.